The summed E-state index contributed by atoms with van der Waals surface area (Å²) in [6.45, 7) is 2.06. The second kappa shape index (κ2) is 8.53. The maximum absolute atomic E-state index is 11.9. The molecule has 0 saturated heterocycles. The molecule has 0 radical (unpaired) electrons. The highest BCUT2D eigenvalue weighted by Gasteiger charge is 2.08. The lowest BCUT2D eigenvalue weighted by Gasteiger charge is -2.13. The third kappa shape index (κ3) is 6.05. The van der Waals surface area contributed by atoms with E-state index in [1.807, 2.05) is 36.4 Å². The minimum atomic E-state index is 0.101. The van der Waals surface area contributed by atoms with E-state index < -0.39 is 0 Å². The normalized spacial score (nSPS) is 11.9. The number of carbonyl (C=O) groups is 1. The van der Waals surface area contributed by atoms with Gasteiger partial charge in [0.2, 0.25) is 5.91 Å². The van der Waals surface area contributed by atoms with E-state index in [-0.39, 0.29) is 11.9 Å². The largest absolute Gasteiger partial charge is 0.353 e. The fourth-order valence-corrected chi connectivity index (χ4v) is 2.81. The first-order chi connectivity index (χ1) is 10.2. The molecule has 0 aliphatic rings. The van der Waals surface area contributed by atoms with E-state index >= 15 is 0 Å². The summed E-state index contributed by atoms with van der Waals surface area (Å²) in [5.41, 5.74) is 1.32. The van der Waals surface area contributed by atoms with E-state index in [1.54, 1.807) is 11.8 Å². The van der Waals surface area contributed by atoms with Crippen LogP contribution in [-0.4, -0.2) is 17.7 Å². The first-order valence-electron chi connectivity index (χ1n) is 7.25. The molecular formula is C18H21NOS. The Morgan fingerprint density at radius 1 is 1.05 bits per heavy atom. The van der Waals surface area contributed by atoms with Gasteiger partial charge in [-0.05, 0) is 37.5 Å². The van der Waals surface area contributed by atoms with Crippen molar-refractivity contribution in [2.75, 3.05) is 5.75 Å². The molecule has 2 nitrogen and oxygen atoms in total. The number of benzene rings is 2. The van der Waals surface area contributed by atoms with Crippen molar-refractivity contribution in [2.24, 2.45) is 0 Å². The van der Waals surface area contributed by atoms with Crippen LogP contribution in [-0.2, 0) is 11.2 Å². The Hall–Kier alpha value is -1.74. The number of nitrogens with one attached hydrogen (secondary N) is 1. The second-order valence-corrected chi connectivity index (χ2v) is 6.14. The van der Waals surface area contributed by atoms with Crippen LogP contribution in [0.2, 0.25) is 0 Å². The van der Waals surface area contributed by atoms with Crippen molar-refractivity contribution in [3.05, 3.63) is 66.2 Å². The van der Waals surface area contributed by atoms with Crippen molar-refractivity contribution in [3.63, 3.8) is 0 Å². The molecule has 1 atom stereocenters. The monoisotopic (exact) mass is 299 g/mol. The van der Waals surface area contributed by atoms with Gasteiger partial charge in [0.1, 0.15) is 0 Å². The zero-order chi connectivity index (χ0) is 14.9. The molecule has 0 fully saturated rings. The number of hydrogen-bond donors (Lipinski definition) is 1. The molecular weight excluding hydrogens is 278 g/mol. The summed E-state index contributed by atoms with van der Waals surface area (Å²) in [6, 6.07) is 20.6. The molecule has 0 aliphatic carbocycles. The predicted octanol–water partition coefficient (Wildman–Crippen LogP) is 3.92. The van der Waals surface area contributed by atoms with E-state index in [0.29, 0.717) is 5.75 Å². The van der Waals surface area contributed by atoms with Gasteiger partial charge in [0, 0.05) is 10.9 Å². The van der Waals surface area contributed by atoms with Crippen LogP contribution in [0.15, 0.2) is 65.6 Å². The summed E-state index contributed by atoms with van der Waals surface area (Å²) < 4.78 is 0. The average molecular weight is 299 g/mol. The molecule has 0 aromatic heterocycles. The van der Waals surface area contributed by atoms with E-state index in [0.717, 1.165) is 17.7 Å². The Morgan fingerprint density at radius 3 is 2.33 bits per heavy atom. The fraction of sp³-hybridized carbons (Fsp3) is 0.278. The van der Waals surface area contributed by atoms with E-state index in [2.05, 4.69) is 36.5 Å². The second-order valence-electron chi connectivity index (χ2n) is 5.09. The first kappa shape index (κ1) is 15.6. The lowest BCUT2D eigenvalue weighted by Crippen LogP contribution is -2.34. The third-order valence-electron chi connectivity index (χ3n) is 3.23. The number of amides is 1. The van der Waals surface area contributed by atoms with Crippen LogP contribution in [0.25, 0.3) is 0 Å². The minimum Gasteiger partial charge on any atom is -0.353 e. The number of thioether (sulfide) groups is 1. The smallest absolute Gasteiger partial charge is 0.230 e. The van der Waals surface area contributed by atoms with Gasteiger partial charge in [-0.3, -0.25) is 4.79 Å². The Bertz CT molecular complexity index is 542. The maximum Gasteiger partial charge on any atom is 0.230 e. The highest BCUT2D eigenvalue weighted by Crippen LogP contribution is 2.16. The number of hydrogen-bond acceptors (Lipinski definition) is 2. The van der Waals surface area contributed by atoms with E-state index in [1.165, 1.54) is 5.56 Å². The molecule has 1 amide bonds. The Kier molecular flexibility index (Phi) is 6.35. The summed E-state index contributed by atoms with van der Waals surface area (Å²) in [7, 11) is 0. The quantitative estimate of drug-likeness (QED) is 0.785. The SMILES string of the molecule is C[C@H](CCc1ccccc1)NC(=O)CSc1ccccc1. The zero-order valence-corrected chi connectivity index (χ0v) is 13.1. The molecule has 2 aromatic rings. The van der Waals surface area contributed by atoms with Gasteiger partial charge in [-0.15, -0.1) is 11.8 Å². The van der Waals surface area contributed by atoms with E-state index in [4.69, 9.17) is 0 Å². The Balaban J connectivity index is 1.67. The molecule has 21 heavy (non-hydrogen) atoms. The van der Waals surface area contributed by atoms with Gasteiger partial charge >= 0.3 is 0 Å². The predicted molar refractivity (Wildman–Crippen MR) is 89.5 cm³/mol. The van der Waals surface area contributed by atoms with Crippen LogP contribution in [0.4, 0.5) is 0 Å². The van der Waals surface area contributed by atoms with Gasteiger partial charge in [0.25, 0.3) is 0 Å². The van der Waals surface area contributed by atoms with Crippen LogP contribution in [0.3, 0.4) is 0 Å². The topological polar surface area (TPSA) is 29.1 Å². The van der Waals surface area contributed by atoms with Crippen molar-refractivity contribution in [1.82, 2.24) is 5.32 Å². The summed E-state index contributed by atoms with van der Waals surface area (Å²) in [5, 5.41) is 3.06. The van der Waals surface area contributed by atoms with Gasteiger partial charge in [0.15, 0.2) is 0 Å². The molecule has 0 unspecified atom stereocenters. The lowest BCUT2D eigenvalue weighted by molar-refractivity contribution is -0.119. The van der Waals surface area contributed by atoms with Crippen LogP contribution in [0.5, 0.6) is 0 Å². The summed E-state index contributed by atoms with van der Waals surface area (Å²) in [4.78, 5) is 13.0. The van der Waals surface area contributed by atoms with Crippen LogP contribution in [0.1, 0.15) is 18.9 Å². The summed E-state index contributed by atoms with van der Waals surface area (Å²) in [5.74, 6) is 0.573. The van der Waals surface area contributed by atoms with Gasteiger partial charge < -0.3 is 5.32 Å². The maximum atomic E-state index is 11.9. The molecule has 2 aromatic carbocycles. The minimum absolute atomic E-state index is 0.101. The Labute approximate surface area is 131 Å². The number of carbonyl (C=O) groups excluding carboxylic acids is 1. The highest BCUT2D eigenvalue weighted by molar-refractivity contribution is 8.00. The molecule has 0 saturated carbocycles. The average Bonchev–Trinajstić information content (AvgIpc) is 2.53. The zero-order valence-electron chi connectivity index (χ0n) is 12.3. The van der Waals surface area contributed by atoms with Crippen molar-refractivity contribution in [2.45, 2.75) is 30.7 Å². The number of rotatable bonds is 7. The summed E-state index contributed by atoms with van der Waals surface area (Å²) >= 11 is 1.57. The van der Waals surface area contributed by atoms with Crippen LogP contribution in [0, 0.1) is 0 Å². The van der Waals surface area contributed by atoms with Gasteiger partial charge in [0.05, 0.1) is 5.75 Å². The van der Waals surface area contributed by atoms with Gasteiger partial charge in [-0.2, -0.15) is 0 Å². The first-order valence-corrected chi connectivity index (χ1v) is 8.24. The van der Waals surface area contributed by atoms with Crippen molar-refractivity contribution in [3.8, 4) is 0 Å². The van der Waals surface area contributed by atoms with Gasteiger partial charge in [-0.25, -0.2) is 0 Å². The molecule has 0 aliphatic heterocycles. The Morgan fingerprint density at radius 2 is 1.67 bits per heavy atom. The lowest BCUT2D eigenvalue weighted by atomic mass is 10.1. The molecule has 0 heterocycles. The van der Waals surface area contributed by atoms with Crippen LogP contribution >= 0.6 is 11.8 Å². The van der Waals surface area contributed by atoms with Crippen molar-refractivity contribution in [1.29, 1.82) is 0 Å². The fourth-order valence-electron chi connectivity index (χ4n) is 2.08. The van der Waals surface area contributed by atoms with Crippen LogP contribution < -0.4 is 5.32 Å². The third-order valence-corrected chi connectivity index (χ3v) is 4.24. The number of aryl methyl sites for hydroxylation is 1. The standard InChI is InChI=1S/C18H21NOS/c1-15(12-13-16-8-4-2-5-9-16)19-18(20)14-21-17-10-6-3-7-11-17/h2-11,15H,12-14H2,1H3,(H,19,20)/t15-/m1/s1. The molecule has 1 N–H and O–H groups in total. The van der Waals surface area contributed by atoms with Crippen molar-refractivity contribution >= 4 is 17.7 Å². The molecule has 0 bridgehead atoms. The van der Waals surface area contributed by atoms with Gasteiger partial charge in [-0.1, -0.05) is 48.5 Å². The molecule has 0 spiro atoms. The molecule has 3 heteroatoms. The van der Waals surface area contributed by atoms with E-state index in [9.17, 15) is 4.79 Å². The molecule has 2 rings (SSSR count). The highest BCUT2D eigenvalue weighted by atomic mass is 32.2. The summed E-state index contributed by atoms with van der Waals surface area (Å²) in [6.07, 6.45) is 1.96. The van der Waals surface area contributed by atoms with Crippen molar-refractivity contribution < 1.29 is 4.79 Å². The molecule has 110 valence electrons.